The molecule has 4 N–H and O–H groups in total. The van der Waals surface area contributed by atoms with E-state index >= 15 is 0 Å². The zero-order valence-electron chi connectivity index (χ0n) is 14.7. The molecule has 0 unspecified atom stereocenters. The van der Waals surface area contributed by atoms with Crippen LogP contribution >= 0.6 is 12.2 Å². The van der Waals surface area contributed by atoms with Crippen molar-refractivity contribution in [3.63, 3.8) is 0 Å². The summed E-state index contributed by atoms with van der Waals surface area (Å²) in [5, 5.41) is 5.30. The smallest absolute Gasteiger partial charge is 0.321 e. The first-order chi connectivity index (χ1) is 12.4. The Morgan fingerprint density at radius 3 is 2.73 bits per heavy atom. The standard InChI is InChI=1S/C17H19N7OS/c1-4-19-17(25)23-16-21-11(10-7-5-6-9(2)8-10)12-14(22-16)24(3)15(20-12)13(18)26/h5-8H,4H2,1-3H3,(H2,18,26)(H2,19,21,22,23,25). The third kappa shape index (κ3) is 3.33. The lowest BCUT2D eigenvalue weighted by molar-refractivity contribution is 0.252. The molecule has 0 aliphatic carbocycles. The Morgan fingerprint density at radius 1 is 1.31 bits per heavy atom. The number of carbonyl (C=O) groups excluding carboxylic acids is 1. The van der Waals surface area contributed by atoms with Gasteiger partial charge in [-0.3, -0.25) is 5.32 Å². The summed E-state index contributed by atoms with van der Waals surface area (Å²) in [5.74, 6) is 0.616. The van der Waals surface area contributed by atoms with Gasteiger partial charge in [-0.1, -0.05) is 36.0 Å². The number of urea groups is 1. The van der Waals surface area contributed by atoms with E-state index in [2.05, 4.69) is 25.6 Å². The van der Waals surface area contributed by atoms with Gasteiger partial charge in [-0.15, -0.1) is 0 Å². The Labute approximate surface area is 155 Å². The van der Waals surface area contributed by atoms with E-state index in [1.54, 1.807) is 11.6 Å². The van der Waals surface area contributed by atoms with Gasteiger partial charge < -0.3 is 15.6 Å². The van der Waals surface area contributed by atoms with Gasteiger partial charge in [0.05, 0.1) is 0 Å². The van der Waals surface area contributed by atoms with Gasteiger partial charge in [0.25, 0.3) is 0 Å². The monoisotopic (exact) mass is 369 g/mol. The molecule has 0 saturated carbocycles. The van der Waals surface area contributed by atoms with Crippen molar-refractivity contribution in [3.8, 4) is 11.3 Å². The molecule has 0 bridgehead atoms. The Hall–Kier alpha value is -3.07. The summed E-state index contributed by atoms with van der Waals surface area (Å²) in [6.07, 6.45) is 0. The average molecular weight is 369 g/mol. The van der Waals surface area contributed by atoms with E-state index in [1.165, 1.54) is 0 Å². The number of aromatic nitrogens is 4. The molecular formula is C17H19N7OS. The van der Waals surface area contributed by atoms with Crippen molar-refractivity contribution in [2.24, 2.45) is 12.8 Å². The van der Waals surface area contributed by atoms with E-state index in [4.69, 9.17) is 18.0 Å². The second-order valence-corrected chi connectivity index (χ2v) is 6.22. The molecule has 0 aliphatic heterocycles. The first kappa shape index (κ1) is 17.7. The molecule has 3 aromatic rings. The van der Waals surface area contributed by atoms with Gasteiger partial charge in [-0.25, -0.2) is 14.8 Å². The van der Waals surface area contributed by atoms with Crippen LogP contribution < -0.4 is 16.4 Å². The molecule has 2 amide bonds. The van der Waals surface area contributed by atoms with Gasteiger partial charge in [0.2, 0.25) is 5.95 Å². The fraction of sp³-hybridized carbons (Fsp3) is 0.235. The lowest BCUT2D eigenvalue weighted by Gasteiger charge is -2.08. The van der Waals surface area contributed by atoms with Crippen LogP contribution in [0.1, 0.15) is 18.3 Å². The number of thiocarbonyl (C=S) groups is 1. The lowest BCUT2D eigenvalue weighted by atomic mass is 10.1. The molecule has 0 saturated heterocycles. The van der Waals surface area contributed by atoms with E-state index in [0.29, 0.717) is 29.2 Å². The number of hydrogen-bond donors (Lipinski definition) is 3. The Kier molecular flexibility index (Phi) is 4.81. The topological polar surface area (TPSA) is 111 Å². The Bertz CT molecular complexity index is 1010. The maximum absolute atomic E-state index is 11.9. The Balaban J connectivity index is 2.24. The Morgan fingerprint density at radius 2 is 2.08 bits per heavy atom. The molecule has 26 heavy (non-hydrogen) atoms. The van der Waals surface area contributed by atoms with E-state index in [-0.39, 0.29) is 17.0 Å². The maximum Gasteiger partial charge on any atom is 0.321 e. The van der Waals surface area contributed by atoms with E-state index in [9.17, 15) is 4.79 Å². The molecule has 8 nitrogen and oxygen atoms in total. The molecule has 0 atom stereocenters. The van der Waals surface area contributed by atoms with Crippen molar-refractivity contribution in [2.45, 2.75) is 13.8 Å². The van der Waals surface area contributed by atoms with E-state index < -0.39 is 0 Å². The van der Waals surface area contributed by atoms with Crippen molar-refractivity contribution in [2.75, 3.05) is 11.9 Å². The highest BCUT2D eigenvalue weighted by atomic mass is 32.1. The molecule has 2 heterocycles. The number of nitrogens with one attached hydrogen (secondary N) is 2. The first-order valence-electron chi connectivity index (χ1n) is 8.07. The van der Waals surface area contributed by atoms with Gasteiger partial charge in [0, 0.05) is 19.2 Å². The summed E-state index contributed by atoms with van der Waals surface area (Å²) in [7, 11) is 1.77. The first-order valence-corrected chi connectivity index (χ1v) is 8.47. The second kappa shape index (κ2) is 7.04. The van der Waals surface area contributed by atoms with Gasteiger partial charge in [0.15, 0.2) is 11.5 Å². The number of amides is 2. The van der Waals surface area contributed by atoms with Crippen LogP contribution in [0.2, 0.25) is 0 Å². The van der Waals surface area contributed by atoms with Crippen molar-refractivity contribution in [1.82, 2.24) is 24.8 Å². The van der Waals surface area contributed by atoms with Gasteiger partial charge in [0.1, 0.15) is 16.2 Å². The quantitative estimate of drug-likeness (QED) is 0.608. The molecular weight excluding hydrogens is 350 g/mol. The van der Waals surface area contributed by atoms with E-state index in [1.807, 2.05) is 38.1 Å². The normalized spacial score (nSPS) is 10.7. The third-order valence-electron chi connectivity index (χ3n) is 3.79. The van der Waals surface area contributed by atoms with Crippen molar-refractivity contribution in [3.05, 3.63) is 35.7 Å². The highest BCUT2D eigenvalue weighted by molar-refractivity contribution is 7.80. The molecule has 0 spiro atoms. The molecule has 134 valence electrons. The largest absolute Gasteiger partial charge is 0.387 e. The third-order valence-corrected chi connectivity index (χ3v) is 3.98. The minimum atomic E-state index is -0.376. The summed E-state index contributed by atoms with van der Waals surface area (Å²) < 4.78 is 1.70. The highest BCUT2D eigenvalue weighted by Crippen LogP contribution is 2.27. The van der Waals surface area contributed by atoms with Gasteiger partial charge in [-0.05, 0) is 19.9 Å². The molecule has 0 fully saturated rings. The van der Waals surface area contributed by atoms with Crippen LogP contribution in [0.25, 0.3) is 22.4 Å². The summed E-state index contributed by atoms with van der Waals surface area (Å²) in [6.45, 7) is 4.32. The molecule has 3 rings (SSSR count). The summed E-state index contributed by atoms with van der Waals surface area (Å²) in [5.41, 5.74) is 9.42. The molecule has 9 heteroatoms. The van der Waals surface area contributed by atoms with Gasteiger partial charge >= 0.3 is 6.03 Å². The van der Waals surface area contributed by atoms with Crippen LogP contribution in [0, 0.1) is 6.92 Å². The van der Waals surface area contributed by atoms with Crippen LogP contribution in [0.3, 0.4) is 0 Å². The highest BCUT2D eigenvalue weighted by Gasteiger charge is 2.19. The van der Waals surface area contributed by atoms with Crippen molar-refractivity contribution < 1.29 is 4.79 Å². The predicted molar refractivity (Wildman–Crippen MR) is 105 cm³/mol. The minimum Gasteiger partial charge on any atom is -0.387 e. The van der Waals surface area contributed by atoms with Gasteiger partial charge in [-0.2, -0.15) is 4.98 Å². The number of imidazole rings is 1. The van der Waals surface area contributed by atoms with Crippen LogP contribution in [-0.4, -0.2) is 37.1 Å². The van der Waals surface area contributed by atoms with Crippen LogP contribution in [0.4, 0.5) is 10.7 Å². The number of fused-ring (bicyclic) bond motifs is 1. The second-order valence-electron chi connectivity index (χ2n) is 5.78. The van der Waals surface area contributed by atoms with Crippen molar-refractivity contribution in [1.29, 1.82) is 0 Å². The fourth-order valence-electron chi connectivity index (χ4n) is 2.64. The zero-order chi connectivity index (χ0) is 18.8. The number of anilines is 1. The van der Waals surface area contributed by atoms with Crippen LogP contribution in [0.15, 0.2) is 24.3 Å². The average Bonchev–Trinajstić information content (AvgIpc) is 2.92. The van der Waals surface area contributed by atoms with E-state index in [0.717, 1.165) is 11.1 Å². The van der Waals surface area contributed by atoms with Crippen LogP contribution in [0.5, 0.6) is 0 Å². The molecule has 0 aliphatic rings. The number of hydrogen-bond acceptors (Lipinski definition) is 5. The summed E-state index contributed by atoms with van der Waals surface area (Å²) in [4.78, 5) is 25.5. The van der Waals surface area contributed by atoms with Crippen molar-refractivity contribution >= 4 is 40.3 Å². The number of rotatable bonds is 4. The minimum absolute atomic E-state index is 0.166. The SMILES string of the molecule is CCNC(=O)Nc1nc(-c2cccc(C)c2)c2nc(C(N)=S)n(C)c2n1. The number of nitrogens with zero attached hydrogens (tertiary/aromatic N) is 4. The van der Waals surface area contributed by atoms with Crippen LogP contribution in [-0.2, 0) is 7.05 Å². The lowest BCUT2D eigenvalue weighted by Crippen LogP contribution is -2.29. The number of aryl methyl sites for hydroxylation is 2. The molecule has 0 radical (unpaired) electrons. The number of benzene rings is 1. The fourth-order valence-corrected chi connectivity index (χ4v) is 2.82. The summed E-state index contributed by atoms with van der Waals surface area (Å²) >= 11 is 5.08. The zero-order valence-corrected chi connectivity index (χ0v) is 15.5. The number of carbonyl (C=O) groups is 1. The number of nitrogens with two attached hydrogens (primary N) is 1. The predicted octanol–water partition coefficient (Wildman–Crippen LogP) is 2.11. The maximum atomic E-state index is 11.9. The summed E-state index contributed by atoms with van der Waals surface area (Å²) in [6, 6.07) is 7.48. The molecule has 1 aromatic carbocycles. The molecule has 2 aromatic heterocycles.